The van der Waals surface area contributed by atoms with E-state index in [1.165, 1.54) is 0 Å². The molecule has 116 valence electrons. The fraction of sp³-hybridized carbons (Fsp3) is 0.938. The highest BCUT2D eigenvalue weighted by molar-refractivity contribution is 5.84. The van der Waals surface area contributed by atoms with Crippen molar-refractivity contribution in [1.82, 2.24) is 10.2 Å². The number of carbonyl (C=O) groups excluding carboxylic acids is 1. The van der Waals surface area contributed by atoms with Gasteiger partial charge in [-0.1, -0.05) is 27.7 Å². The zero-order valence-electron chi connectivity index (χ0n) is 13.4. The Bertz CT molecular complexity index is 324. The van der Waals surface area contributed by atoms with Crippen LogP contribution in [-0.4, -0.2) is 42.8 Å². The number of nitrogens with zero attached hydrogens (tertiary/aromatic N) is 1. The molecular weight excluding hydrogens is 252 g/mol. The van der Waals surface area contributed by atoms with E-state index in [0.29, 0.717) is 23.7 Å². The minimum Gasteiger partial charge on any atom is -0.381 e. The molecule has 2 aliphatic heterocycles. The Hall–Kier alpha value is -0.610. The Labute approximate surface area is 123 Å². The second kappa shape index (κ2) is 6.90. The van der Waals surface area contributed by atoms with Crippen LogP contribution in [0.5, 0.6) is 0 Å². The van der Waals surface area contributed by atoms with Crippen LogP contribution in [0, 0.1) is 17.8 Å². The summed E-state index contributed by atoms with van der Waals surface area (Å²) >= 11 is 0. The van der Waals surface area contributed by atoms with E-state index < -0.39 is 0 Å². The largest absolute Gasteiger partial charge is 0.381 e. The quantitative estimate of drug-likeness (QED) is 0.812. The monoisotopic (exact) mass is 282 g/mol. The average molecular weight is 282 g/mol. The predicted molar refractivity (Wildman–Crippen MR) is 80.3 cm³/mol. The van der Waals surface area contributed by atoms with Crippen LogP contribution >= 0.6 is 0 Å². The Kier molecular flexibility index (Phi) is 5.44. The van der Waals surface area contributed by atoms with E-state index in [0.717, 1.165) is 39.0 Å². The summed E-state index contributed by atoms with van der Waals surface area (Å²) in [6, 6.07) is 0.0149. The van der Waals surface area contributed by atoms with Gasteiger partial charge in [-0.3, -0.25) is 10.1 Å². The van der Waals surface area contributed by atoms with E-state index in [4.69, 9.17) is 4.74 Å². The molecule has 3 atom stereocenters. The van der Waals surface area contributed by atoms with Crippen LogP contribution in [0.15, 0.2) is 0 Å². The van der Waals surface area contributed by atoms with Crippen molar-refractivity contribution >= 4 is 5.91 Å². The maximum Gasteiger partial charge on any atom is 0.241 e. The summed E-state index contributed by atoms with van der Waals surface area (Å²) in [5, 5.41) is 3.56. The molecule has 3 unspecified atom stereocenters. The van der Waals surface area contributed by atoms with Crippen molar-refractivity contribution in [2.45, 2.75) is 59.2 Å². The number of hydrogen-bond donors (Lipinski definition) is 1. The Morgan fingerprint density at radius 3 is 2.50 bits per heavy atom. The number of ether oxygens (including phenoxy) is 1. The van der Waals surface area contributed by atoms with Gasteiger partial charge in [0, 0.05) is 19.1 Å². The molecule has 1 N–H and O–H groups in total. The Morgan fingerprint density at radius 1 is 1.25 bits per heavy atom. The van der Waals surface area contributed by atoms with E-state index in [-0.39, 0.29) is 12.2 Å². The van der Waals surface area contributed by atoms with Crippen molar-refractivity contribution in [3.05, 3.63) is 0 Å². The summed E-state index contributed by atoms with van der Waals surface area (Å²) in [5.41, 5.74) is 0. The van der Waals surface area contributed by atoms with Crippen molar-refractivity contribution in [3.8, 4) is 0 Å². The van der Waals surface area contributed by atoms with Gasteiger partial charge in [0.25, 0.3) is 0 Å². The van der Waals surface area contributed by atoms with Crippen molar-refractivity contribution in [3.63, 3.8) is 0 Å². The summed E-state index contributed by atoms with van der Waals surface area (Å²) in [4.78, 5) is 14.7. The maximum atomic E-state index is 12.6. The van der Waals surface area contributed by atoms with Crippen molar-refractivity contribution in [1.29, 1.82) is 0 Å². The van der Waals surface area contributed by atoms with Crippen LogP contribution in [0.25, 0.3) is 0 Å². The molecule has 0 aromatic rings. The predicted octanol–water partition coefficient (Wildman–Crippen LogP) is 2.24. The van der Waals surface area contributed by atoms with Gasteiger partial charge in [-0.15, -0.1) is 0 Å². The lowest BCUT2D eigenvalue weighted by molar-refractivity contribution is -0.131. The summed E-state index contributed by atoms with van der Waals surface area (Å²) in [6.45, 7) is 11.3. The molecular formula is C16H30N2O2. The van der Waals surface area contributed by atoms with Gasteiger partial charge in [0.2, 0.25) is 5.91 Å². The van der Waals surface area contributed by atoms with E-state index in [1.807, 2.05) is 0 Å². The first-order valence-corrected chi connectivity index (χ1v) is 8.11. The number of nitrogens with one attached hydrogen (secondary N) is 1. The molecule has 0 aromatic carbocycles. The molecule has 0 bridgehead atoms. The average Bonchev–Trinajstić information content (AvgIpc) is 2.93. The highest BCUT2D eigenvalue weighted by Crippen LogP contribution is 2.24. The molecule has 0 saturated carbocycles. The van der Waals surface area contributed by atoms with E-state index in [9.17, 15) is 4.79 Å². The number of amides is 1. The molecule has 2 fully saturated rings. The molecule has 20 heavy (non-hydrogen) atoms. The van der Waals surface area contributed by atoms with Gasteiger partial charge >= 0.3 is 0 Å². The smallest absolute Gasteiger partial charge is 0.241 e. The third kappa shape index (κ3) is 3.95. The lowest BCUT2D eigenvalue weighted by atomic mass is 10.0. The molecule has 0 spiro atoms. The maximum absolute atomic E-state index is 12.6. The molecule has 0 aliphatic carbocycles. The minimum absolute atomic E-state index is 0.0149. The zero-order chi connectivity index (χ0) is 14.7. The lowest BCUT2D eigenvalue weighted by Crippen LogP contribution is -2.41. The molecule has 4 nitrogen and oxygen atoms in total. The summed E-state index contributed by atoms with van der Waals surface area (Å²) < 4.78 is 5.45. The van der Waals surface area contributed by atoms with Gasteiger partial charge in [0.15, 0.2) is 0 Å². The zero-order valence-corrected chi connectivity index (χ0v) is 13.4. The molecule has 1 amide bonds. The fourth-order valence-corrected chi connectivity index (χ4v) is 3.25. The molecule has 2 aliphatic rings. The van der Waals surface area contributed by atoms with Crippen LogP contribution in [0.4, 0.5) is 0 Å². The third-order valence-electron chi connectivity index (χ3n) is 4.23. The van der Waals surface area contributed by atoms with Gasteiger partial charge in [-0.2, -0.15) is 0 Å². The molecule has 0 radical (unpaired) electrons. The first-order chi connectivity index (χ1) is 9.47. The van der Waals surface area contributed by atoms with Gasteiger partial charge in [-0.25, -0.2) is 0 Å². The van der Waals surface area contributed by atoms with Crippen LogP contribution < -0.4 is 5.32 Å². The highest BCUT2D eigenvalue weighted by Gasteiger charge is 2.40. The SMILES string of the molecule is CC(C)CC1NC(CC(C)C)N(CC2CCOC2)C1=O. The number of hydrogen-bond acceptors (Lipinski definition) is 3. The van der Waals surface area contributed by atoms with E-state index in [1.54, 1.807) is 0 Å². The minimum atomic E-state index is 0.0149. The summed E-state index contributed by atoms with van der Waals surface area (Å²) in [6.07, 6.45) is 3.28. The molecule has 0 aromatic heterocycles. The number of carbonyl (C=O) groups is 1. The standard InChI is InChI=1S/C16H30N2O2/c1-11(2)7-14-16(19)18(9-13-5-6-20-10-13)15(17-14)8-12(3)4/h11-15,17H,5-10H2,1-4H3. The Balaban J connectivity index is 2.00. The third-order valence-corrected chi connectivity index (χ3v) is 4.23. The van der Waals surface area contributed by atoms with Crippen molar-refractivity contribution in [2.75, 3.05) is 19.8 Å². The summed E-state index contributed by atoms with van der Waals surface area (Å²) in [7, 11) is 0. The van der Waals surface area contributed by atoms with Gasteiger partial charge in [-0.05, 0) is 31.1 Å². The molecule has 2 rings (SSSR count). The lowest BCUT2D eigenvalue weighted by Gasteiger charge is -2.27. The van der Waals surface area contributed by atoms with Crippen LogP contribution in [0.1, 0.15) is 47.0 Å². The Morgan fingerprint density at radius 2 is 1.95 bits per heavy atom. The van der Waals surface area contributed by atoms with Crippen molar-refractivity contribution < 1.29 is 9.53 Å². The van der Waals surface area contributed by atoms with Crippen LogP contribution in [0.2, 0.25) is 0 Å². The number of rotatable bonds is 6. The second-order valence-corrected chi connectivity index (χ2v) is 7.21. The highest BCUT2D eigenvalue weighted by atomic mass is 16.5. The van der Waals surface area contributed by atoms with Crippen molar-refractivity contribution in [2.24, 2.45) is 17.8 Å². The van der Waals surface area contributed by atoms with Crippen LogP contribution in [0.3, 0.4) is 0 Å². The van der Waals surface area contributed by atoms with Gasteiger partial charge in [0.1, 0.15) is 0 Å². The molecule has 2 heterocycles. The second-order valence-electron chi connectivity index (χ2n) is 7.21. The van der Waals surface area contributed by atoms with Crippen LogP contribution in [-0.2, 0) is 9.53 Å². The van der Waals surface area contributed by atoms with E-state index in [2.05, 4.69) is 37.9 Å². The normalized spacial score (nSPS) is 31.0. The van der Waals surface area contributed by atoms with Gasteiger partial charge in [0.05, 0.1) is 18.8 Å². The molecule has 2 saturated heterocycles. The topological polar surface area (TPSA) is 41.6 Å². The first kappa shape index (κ1) is 15.8. The molecule has 4 heteroatoms. The first-order valence-electron chi connectivity index (χ1n) is 8.11. The van der Waals surface area contributed by atoms with Gasteiger partial charge < -0.3 is 9.64 Å². The fourth-order valence-electron chi connectivity index (χ4n) is 3.25. The van der Waals surface area contributed by atoms with E-state index >= 15 is 0 Å². The summed E-state index contributed by atoms with van der Waals surface area (Å²) in [5.74, 6) is 1.97.